The Kier molecular flexibility index (Phi) is 3.72. The molecule has 3 heteroatoms. The van der Waals surface area contributed by atoms with Crippen molar-refractivity contribution in [3.05, 3.63) is 24.5 Å². The molecule has 2 fully saturated rings. The molecule has 1 saturated heterocycles. The predicted molar refractivity (Wildman–Crippen MR) is 80.6 cm³/mol. The van der Waals surface area contributed by atoms with Crippen molar-refractivity contribution in [3.63, 3.8) is 0 Å². The first kappa shape index (κ1) is 13.9. The Hall–Kier alpha value is -1.09. The van der Waals surface area contributed by atoms with Crippen molar-refractivity contribution in [3.8, 4) is 5.75 Å². The van der Waals surface area contributed by atoms with Crippen LogP contribution in [0.15, 0.2) is 24.5 Å². The molecule has 3 rings (SSSR count). The monoisotopic (exact) mass is 275 g/mol. The van der Waals surface area contributed by atoms with Crippen LogP contribution in [-0.2, 0) is 0 Å². The van der Waals surface area contributed by atoms with E-state index < -0.39 is 0 Å². The molecule has 20 heavy (non-hydrogen) atoms. The average molecular weight is 275 g/mol. The lowest BCUT2D eigenvalue weighted by Crippen LogP contribution is -2.50. The lowest BCUT2D eigenvalue weighted by atomic mass is 9.67. The highest BCUT2D eigenvalue weighted by molar-refractivity contribution is 5.17. The Morgan fingerprint density at radius 3 is 2.25 bits per heavy atom. The molecule has 1 aromatic rings. The van der Waals surface area contributed by atoms with Crippen LogP contribution in [0.25, 0.3) is 0 Å². The number of nitrogens with zero attached hydrogens (tertiary/aromatic N) is 2. The zero-order chi connectivity index (χ0) is 14.1. The predicted octanol–water partition coefficient (Wildman–Crippen LogP) is 3.26. The molecule has 0 aromatic carbocycles. The fourth-order valence-corrected chi connectivity index (χ4v) is 3.75. The topological polar surface area (TPSA) is 22.1 Å². The number of rotatable bonds is 2. The Balaban J connectivity index is 1.52. The first-order chi connectivity index (χ1) is 9.57. The van der Waals surface area contributed by atoms with Gasteiger partial charge in [-0.2, -0.15) is 0 Å². The van der Waals surface area contributed by atoms with Crippen LogP contribution in [0, 0.1) is 5.41 Å². The maximum atomic E-state index is 6.09. The van der Waals surface area contributed by atoms with Crippen molar-refractivity contribution in [2.75, 3.05) is 27.2 Å². The maximum Gasteiger partial charge on any atom is 0.122 e. The molecule has 1 spiro atoms. The van der Waals surface area contributed by atoms with Gasteiger partial charge in [-0.15, -0.1) is 0 Å². The number of pyridine rings is 1. The fraction of sp³-hybridized carbons (Fsp3) is 0.706. The minimum Gasteiger partial charge on any atom is -0.490 e. The number of ether oxygens (including phenoxy) is 1. The van der Waals surface area contributed by atoms with Crippen molar-refractivity contribution in [2.24, 2.45) is 5.41 Å². The van der Waals surface area contributed by atoms with Crippen LogP contribution < -0.4 is 4.74 Å². The van der Waals surface area contributed by atoms with E-state index >= 15 is 0 Å². The summed E-state index contributed by atoms with van der Waals surface area (Å²) >= 11 is 0. The molecular formula is C17H27N2O+. The van der Waals surface area contributed by atoms with Gasteiger partial charge in [-0.1, -0.05) is 0 Å². The summed E-state index contributed by atoms with van der Waals surface area (Å²) in [5.74, 6) is 0.974. The fourth-order valence-electron chi connectivity index (χ4n) is 3.75. The smallest absolute Gasteiger partial charge is 0.122 e. The second kappa shape index (κ2) is 5.36. The summed E-state index contributed by atoms with van der Waals surface area (Å²) in [6.45, 7) is 2.69. The van der Waals surface area contributed by atoms with Gasteiger partial charge in [0.15, 0.2) is 0 Å². The zero-order valence-electron chi connectivity index (χ0n) is 12.8. The molecule has 0 amide bonds. The maximum absolute atomic E-state index is 6.09. The summed E-state index contributed by atoms with van der Waals surface area (Å²) in [4.78, 5) is 4.04. The van der Waals surface area contributed by atoms with Gasteiger partial charge >= 0.3 is 0 Å². The molecule has 0 unspecified atom stereocenters. The Morgan fingerprint density at radius 2 is 1.65 bits per heavy atom. The molecule has 110 valence electrons. The SMILES string of the molecule is C[N+]1(C)CCC2(CCC(Oc3ccncc3)CC2)CC1. The summed E-state index contributed by atoms with van der Waals surface area (Å²) in [5, 5.41) is 0. The largest absolute Gasteiger partial charge is 0.490 e. The number of piperidine rings is 1. The van der Waals surface area contributed by atoms with Gasteiger partial charge in [0, 0.05) is 25.2 Å². The van der Waals surface area contributed by atoms with Gasteiger partial charge in [-0.25, -0.2) is 0 Å². The molecule has 1 aromatic heterocycles. The lowest BCUT2D eigenvalue weighted by molar-refractivity contribution is -0.897. The summed E-state index contributed by atoms with van der Waals surface area (Å²) in [6.07, 6.45) is 12.0. The average Bonchev–Trinajstić information content (AvgIpc) is 2.46. The van der Waals surface area contributed by atoms with Gasteiger partial charge in [-0.05, 0) is 43.2 Å². The van der Waals surface area contributed by atoms with Gasteiger partial charge in [0.1, 0.15) is 5.75 Å². The molecule has 1 aliphatic heterocycles. The van der Waals surface area contributed by atoms with E-state index in [-0.39, 0.29) is 0 Å². The molecule has 2 aliphatic rings. The third-order valence-corrected chi connectivity index (χ3v) is 5.44. The van der Waals surface area contributed by atoms with E-state index in [1.807, 2.05) is 12.1 Å². The second-order valence-electron chi connectivity index (χ2n) is 7.38. The summed E-state index contributed by atoms with van der Waals surface area (Å²) in [5.41, 5.74) is 0.631. The van der Waals surface area contributed by atoms with Crippen LogP contribution in [0.1, 0.15) is 38.5 Å². The highest BCUT2D eigenvalue weighted by Gasteiger charge is 2.41. The number of quaternary nitrogens is 1. The van der Waals surface area contributed by atoms with Crippen LogP contribution in [0.5, 0.6) is 5.75 Å². The van der Waals surface area contributed by atoms with Gasteiger partial charge in [-0.3, -0.25) is 4.98 Å². The highest BCUT2D eigenvalue weighted by Crippen LogP contribution is 2.46. The van der Waals surface area contributed by atoms with Crippen LogP contribution in [-0.4, -0.2) is 42.8 Å². The van der Waals surface area contributed by atoms with E-state index in [0.717, 1.165) is 5.75 Å². The summed E-state index contributed by atoms with van der Waals surface area (Å²) in [7, 11) is 4.73. The number of aromatic nitrogens is 1. The molecule has 1 aliphatic carbocycles. The van der Waals surface area contributed by atoms with Crippen LogP contribution >= 0.6 is 0 Å². The van der Waals surface area contributed by atoms with Gasteiger partial charge in [0.25, 0.3) is 0 Å². The van der Waals surface area contributed by atoms with Crippen molar-refractivity contribution < 1.29 is 9.22 Å². The third kappa shape index (κ3) is 3.14. The third-order valence-electron chi connectivity index (χ3n) is 5.44. The standard InChI is InChI=1S/C17H27N2O/c1-19(2)13-9-17(10-14-19)7-3-15(4-8-17)20-16-5-11-18-12-6-16/h5-6,11-12,15H,3-4,7-10,13-14H2,1-2H3/q+1. The zero-order valence-corrected chi connectivity index (χ0v) is 12.8. The minimum atomic E-state index is 0.410. The van der Waals surface area contributed by atoms with Gasteiger partial charge in [0.05, 0.1) is 33.3 Å². The van der Waals surface area contributed by atoms with E-state index in [9.17, 15) is 0 Å². The summed E-state index contributed by atoms with van der Waals surface area (Å²) < 4.78 is 7.29. The van der Waals surface area contributed by atoms with Gasteiger partial charge in [0.2, 0.25) is 0 Å². The first-order valence-electron chi connectivity index (χ1n) is 7.96. The van der Waals surface area contributed by atoms with E-state index in [4.69, 9.17) is 4.74 Å². The minimum absolute atomic E-state index is 0.410. The van der Waals surface area contributed by atoms with Gasteiger partial charge < -0.3 is 9.22 Å². The lowest BCUT2D eigenvalue weighted by Gasteiger charge is -2.47. The van der Waals surface area contributed by atoms with Crippen molar-refractivity contribution in [1.29, 1.82) is 0 Å². The molecule has 1 saturated carbocycles. The van der Waals surface area contributed by atoms with E-state index in [2.05, 4.69) is 19.1 Å². The second-order valence-corrected chi connectivity index (χ2v) is 7.38. The van der Waals surface area contributed by atoms with Crippen LogP contribution in [0.4, 0.5) is 0 Å². The quantitative estimate of drug-likeness (QED) is 0.773. The normalized spacial score (nSPS) is 25.5. The summed E-state index contributed by atoms with van der Waals surface area (Å²) in [6, 6.07) is 3.93. The number of hydrogen-bond donors (Lipinski definition) is 0. The molecule has 3 nitrogen and oxygen atoms in total. The van der Waals surface area contributed by atoms with E-state index in [1.54, 1.807) is 12.4 Å². The molecule has 0 bridgehead atoms. The number of hydrogen-bond acceptors (Lipinski definition) is 2. The molecule has 0 N–H and O–H groups in total. The molecular weight excluding hydrogens is 248 g/mol. The van der Waals surface area contributed by atoms with Crippen LogP contribution in [0.2, 0.25) is 0 Å². The Bertz CT molecular complexity index is 424. The van der Waals surface area contributed by atoms with Crippen molar-refractivity contribution in [2.45, 2.75) is 44.6 Å². The molecule has 0 atom stereocenters. The van der Waals surface area contributed by atoms with Crippen molar-refractivity contribution >= 4 is 0 Å². The molecule has 0 radical (unpaired) electrons. The first-order valence-corrected chi connectivity index (χ1v) is 7.96. The highest BCUT2D eigenvalue weighted by atomic mass is 16.5. The number of likely N-dealkylation sites (tertiary alicyclic amines) is 1. The molecule has 2 heterocycles. The Labute approximate surface area is 122 Å². The van der Waals surface area contributed by atoms with E-state index in [1.165, 1.54) is 56.1 Å². The van der Waals surface area contributed by atoms with Crippen molar-refractivity contribution in [1.82, 2.24) is 4.98 Å². The Morgan fingerprint density at radius 1 is 1.05 bits per heavy atom. The van der Waals surface area contributed by atoms with E-state index in [0.29, 0.717) is 11.5 Å². The van der Waals surface area contributed by atoms with Crippen LogP contribution in [0.3, 0.4) is 0 Å².